The topological polar surface area (TPSA) is 92.8 Å². The van der Waals surface area contributed by atoms with Crippen LogP contribution < -0.4 is 15.0 Å². The lowest BCUT2D eigenvalue weighted by molar-refractivity contribution is -0.132. The minimum Gasteiger partial charge on any atom is -0.426 e. The summed E-state index contributed by atoms with van der Waals surface area (Å²) in [6.45, 7) is 1.20. The largest absolute Gasteiger partial charge is 0.426 e. The van der Waals surface area contributed by atoms with Gasteiger partial charge in [0, 0.05) is 17.0 Å². The number of rotatable bonds is 3. The Balaban J connectivity index is 2.09. The summed E-state index contributed by atoms with van der Waals surface area (Å²) in [5.41, 5.74) is -0.474. The number of esters is 1. The molecule has 1 aliphatic rings. The van der Waals surface area contributed by atoms with Crippen LogP contribution in [0.1, 0.15) is 12.5 Å². The molecule has 0 saturated carbocycles. The minimum absolute atomic E-state index is 0.109. The number of carbonyl (C=O) groups is 4. The highest BCUT2D eigenvalue weighted by atomic mass is 79.9. The van der Waals surface area contributed by atoms with E-state index in [4.69, 9.17) is 4.74 Å². The van der Waals surface area contributed by atoms with Crippen LogP contribution in [0.3, 0.4) is 0 Å². The zero-order chi connectivity index (χ0) is 20.4. The lowest BCUT2D eigenvalue weighted by Gasteiger charge is -2.26. The molecule has 0 spiro atoms. The fraction of sp³-hybridized carbons (Fsp3) is 0.0526. The highest BCUT2D eigenvalue weighted by Crippen LogP contribution is 2.28. The number of hydrogen-bond acceptors (Lipinski definition) is 5. The zero-order valence-corrected chi connectivity index (χ0v) is 15.9. The average Bonchev–Trinajstić information content (AvgIpc) is 2.62. The van der Waals surface area contributed by atoms with Gasteiger partial charge in [-0.3, -0.25) is 19.7 Å². The van der Waals surface area contributed by atoms with Gasteiger partial charge in [0.25, 0.3) is 11.8 Å². The smallest absolute Gasteiger partial charge is 0.336 e. The molecular formula is C19H12BrFN2O5. The molecule has 28 heavy (non-hydrogen) atoms. The maximum Gasteiger partial charge on any atom is 0.336 e. The van der Waals surface area contributed by atoms with Crippen LogP contribution in [0.2, 0.25) is 0 Å². The fourth-order valence-electron chi connectivity index (χ4n) is 2.54. The third-order valence-electron chi connectivity index (χ3n) is 3.72. The summed E-state index contributed by atoms with van der Waals surface area (Å²) in [5, 5.41) is 2.00. The van der Waals surface area contributed by atoms with E-state index in [1.807, 2.05) is 5.32 Å². The lowest BCUT2D eigenvalue weighted by atomic mass is 10.1. The fourth-order valence-corrected chi connectivity index (χ4v) is 2.92. The van der Waals surface area contributed by atoms with Crippen molar-refractivity contribution in [1.29, 1.82) is 0 Å². The molecule has 0 atom stereocenters. The second-order valence-electron chi connectivity index (χ2n) is 5.69. The van der Waals surface area contributed by atoms with Crippen LogP contribution in [0.5, 0.6) is 5.75 Å². The van der Waals surface area contributed by atoms with Gasteiger partial charge in [0.15, 0.2) is 0 Å². The summed E-state index contributed by atoms with van der Waals surface area (Å²) >= 11 is 3.26. The molecule has 9 heteroatoms. The summed E-state index contributed by atoms with van der Waals surface area (Å²) in [6.07, 6.45) is 1.17. The molecule has 1 aliphatic heterocycles. The summed E-state index contributed by atoms with van der Waals surface area (Å²) < 4.78 is 19.8. The number of nitrogens with one attached hydrogen (secondary N) is 1. The maximum absolute atomic E-state index is 14.1. The molecule has 1 heterocycles. The molecule has 0 bridgehead atoms. The molecule has 1 N–H and O–H groups in total. The van der Waals surface area contributed by atoms with Crippen LogP contribution >= 0.6 is 15.9 Å². The Hall–Kier alpha value is -3.33. The molecular weight excluding hydrogens is 435 g/mol. The van der Waals surface area contributed by atoms with Gasteiger partial charge in [-0.2, -0.15) is 0 Å². The molecule has 1 fully saturated rings. The monoisotopic (exact) mass is 446 g/mol. The molecule has 2 aromatic carbocycles. The lowest BCUT2D eigenvalue weighted by Crippen LogP contribution is -2.54. The van der Waals surface area contributed by atoms with Crippen molar-refractivity contribution in [3.63, 3.8) is 0 Å². The van der Waals surface area contributed by atoms with E-state index in [2.05, 4.69) is 15.9 Å². The number of halogens is 2. The SMILES string of the molecule is CC(=O)Oc1ccc(Br)cc1/C=C1/C(=O)NC(=O)N(c2ccccc2F)C1=O. The third kappa shape index (κ3) is 3.84. The quantitative estimate of drug-likeness (QED) is 0.338. The van der Waals surface area contributed by atoms with E-state index in [1.165, 1.54) is 43.3 Å². The number of para-hydroxylation sites is 1. The Labute approximate surface area is 166 Å². The van der Waals surface area contributed by atoms with Gasteiger partial charge < -0.3 is 4.74 Å². The van der Waals surface area contributed by atoms with Gasteiger partial charge in [-0.1, -0.05) is 28.1 Å². The highest BCUT2D eigenvalue weighted by molar-refractivity contribution is 9.10. The summed E-state index contributed by atoms with van der Waals surface area (Å²) in [6, 6.07) is 8.72. The van der Waals surface area contributed by atoms with Gasteiger partial charge in [0.2, 0.25) is 0 Å². The van der Waals surface area contributed by atoms with Crippen LogP contribution in [0.25, 0.3) is 6.08 Å². The van der Waals surface area contributed by atoms with Crippen molar-refractivity contribution in [2.24, 2.45) is 0 Å². The van der Waals surface area contributed by atoms with Crippen molar-refractivity contribution in [3.05, 3.63) is 63.9 Å². The Morgan fingerprint density at radius 3 is 2.57 bits per heavy atom. The first kappa shape index (κ1) is 19.4. The molecule has 142 valence electrons. The first-order chi connectivity index (χ1) is 13.3. The van der Waals surface area contributed by atoms with Crippen molar-refractivity contribution in [2.45, 2.75) is 6.92 Å². The van der Waals surface area contributed by atoms with Crippen molar-refractivity contribution in [3.8, 4) is 5.75 Å². The standard InChI is InChI=1S/C19H12BrFN2O5/c1-10(24)28-16-7-6-12(20)8-11(16)9-13-17(25)22-19(27)23(18(13)26)15-5-3-2-4-14(15)21/h2-9H,1H3,(H,22,25,27)/b13-9-. The van der Waals surface area contributed by atoms with E-state index in [9.17, 15) is 23.6 Å². The zero-order valence-electron chi connectivity index (χ0n) is 14.4. The van der Waals surface area contributed by atoms with E-state index in [0.717, 1.165) is 6.07 Å². The van der Waals surface area contributed by atoms with E-state index >= 15 is 0 Å². The second-order valence-corrected chi connectivity index (χ2v) is 6.60. The van der Waals surface area contributed by atoms with Crippen LogP contribution in [-0.4, -0.2) is 23.8 Å². The summed E-state index contributed by atoms with van der Waals surface area (Å²) in [7, 11) is 0. The molecule has 4 amide bonds. The molecule has 3 rings (SSSR count). The molecule has 7 nitrogen and oxygen atoms in total. The van der Waals surface area contributed by atoms with Gasteiger partial charge in [-0.15, -0.1) is 0 Å². The Morgan fingerprint density at radius 1 is 1.18 bits per heavy atom. The van der Waals surface area contributed by atoms with E-state index in [1.54, 1.807) is 6.07 Å². The van der Waals surface area contributed by atoms with Gasteiger partial charge in [0.1, 0.15) is 17.1 Å². The molecule has 0 radical (unpaired) electrons. The molecule has 2 aromatic rings. The van der Waals surface area contributed by atoms with Gasteiger partial charge in [0.05, 0.1) is 5.69 Å². The molecule has 1 saturated heterocycles. The number of nitrogens with zero attached hydrogens (tertiary/aromatic N) is 1. The van der Waals surface area contributed by atoms with E-state index < -0.39 is 35.2 Å². The first-order valence-electron chi connectivity index (χ1n) is 7.92. The Bertz CT molecular complexity index is 1050. The predicted molar refractivity (Wildman–Crippen MR) is 101 cm³/mol. The van der Waals surface area contributed by atoms with Crippen LogP contribution in [0.15, 0.2) is 52.5 Å². The number of ether oxygens (including phenoxy) is 1. The van der Waals surface area contributed by atoms with Crippen molar-refractivity contribution < 1.29 is 28.3 Å². The highest BCUT2D eigenvalue weighted by Gasteiger charge is 2.38. The number of urea groups is 1. The number of amides is 4. The number of hydrogen-bond donors (Lipinski definition) is 1. The summed E-state index contributed by atoms with van der Waals surface area (Å²) in [4.78, 5) is 49.0. The van der Waals surface area contributed by atoms with E-state index in [0.29, 0.717) is 9.37 Å². The van der Waals surface area contributed by atoms with Gasteiger partial charge in [-0.05, 0) is 36.4 Å². The molecule has 0 aromatic heterocycles. The normalized spacial score (nSPS) is 15.6. The van der Waals surface area contributed by atoms with Crippen molar-refractivity contribution in [1.82, 2.24) is 5.32 Å². The number of benzene rings is 2. The second kappa shape index (κ2) is 7.73. The number of carbonyl (C=O) groups excluding carboxylic acids is 4. The average molecular weight is 447 g/mol. The van der Waals surface area contributed by atoms with Gasteiger partial charge >= 0.3 is 12.0 Å². The minimum atomic E-state index is -1.06. The Kier molecular flexibility index (Phi) is 5.36. The van der Waals surface area contributed by atoms with E-state index in [-0.39, 0.29) is 17.0 Å². The number of anilines is 1. The number of imide groups is 2. The van der Waals surface area contributed by atoms with Crippen molar-refractivity contribution >= 4 is 51.5 Å². The van der Waals surface area contributed by atoms with Crippen LogP contribution in [0, 0.1) is 5.82 Å². The molecule has 0 unspecified atom stereocenters. The Morgan fingerprint density at radius 2 is 1.89 bits per heavy atom. The van der Waals surface area contributed by atoms with Crippen LogP contribution in [0.4, 0.5) is 14.9 Å². The number of barbiturate groups is 1. The van der Waals surface area contributed by atoms with Gasteiger partial charge in [-0.25, -0.2) is 14.1 Å². The first-order valence-corrected chi connectivity index (χ1v) is 8.71. The van der Waals surface area contributed by atoms with Crippen molar-refractivity contribution in [2.75, 3.05) is 4.90 Å². The van der Waals surface area contributed by atoms with Crippen LogP contribution in [-0.2, 0) is 14.4 Å². The third-order valence-corrected chi connectivity index (χ3v) is 4.21. The summed E-state index contributed by atoms with van der Waals surface area (Å²) in [5.74, 6) is -3.24. The molecule has 0 aliphatic carbocycles. The maximum atomic E-state index is 14.1. The predicted octanol–water partition coefficient (Wildman–Crippen LogP) is 3.18.